The maximum absolute atomic E-state index is 11.4. The zero-order valence-electron chi connectivity index (χ0n) is 10.2. The van der Waals surface area contributed by atoms with E-state index in [2.05, 4.69) is 0 Å². The van der Waals surface area contributed by atoms with Gasteiger partial charge in [-0.15, -0.1) is 0 Å². The Bertz CT molecular complexity index is 190. The van der Waals surface area contributed by atoms with Gasteiger partial charge in [-0.25, -0.2) is 0 Å². The van der Waals surface area contributed by atoms with Gasteiger partial charge in [0.15, 0.2) is 0 Å². The molecule has 15 heavy (non-hydrogen) atoms. The van der Waals surface area contributed by atoms with Gasteiger partial charge in [-0.1, -0.05) is 20.8 Å². The van der Waals surface area contributed by atoms with Crippen molar-refractivity contribution < 1.29 is 14.6 Å². The summed E-state index contributed by atoms with van der Waals surface area (Å²) in [5.74, 6) is -0.731. The quantitative estimate of drug-likeness (QED) is 0.671. The minimum absolute atomic E-state index is 0.572. The fourth-order valence-corrected chi connectivity index (χ4v) is 2.01. The number of hydrogen-bond donors (Lipinski definition) is 1. The number of likely N-dealkylation sites (N-methyl/N-ethyl adjacent to an activating group) is 1. The highest BCUT2D eigenvalue weighted by molar-refractivity contribution is 5.78. The van der Waals surface area contributed by atoms with E-state index in [-0.39, 0.29) is 0 Å². The van der Waals surface area contributed by atoms with Crippen molar-refractivity contribution in [1.29, 1.82) is 0 Å². The second-order valence-electron chi connectivity index (χ2n) is 3.62. The molecule has 0 unspecified atom stereocenters. The van der Waals surface area contributed by atoms with Crippen LogP contribution in [0.4, 0.5) is 0 Å². The molecule has 4 heteroatoms. The number of carbonyl (C=O) groups is 1. The summed E-state index contributed by atoms with van der Waals surface area (Å²) in [6.45, 7) is 7.81. The third-order valence-corrected chi connectivity index (χ3v) is 3.12. The van der Waals surface area contributed by atoms with Crippen LogP contribution in [0.2, 0.25) is 0 Å². The second-order valence-corrected chi connectivity index (χ2v) is 3.62. The van der Waals surface area contributed by atoms with Crippen molar-refractivity contribution in [1.82, 2.24) is 4.90 Å². The van der Waals surface area contributed by atoms with Gasteiger partial charge in [0, 0.05) is 13.7 Å². The van der Waals surface area contributed by atoms with Crippen molar-refractivity contribution in [3.05, 3.63) is 0 Å². The van der Waals surface area contributed by atoms with E-state index in [1.54, 1.807) is 7.11 Å². The van der Waals surface area contributed by atoms with E-state index < -0.39 is 11.5 Å². The topological polar surface area (TPSA) is 49.8 Å². The maximum Gasteiger partial charge on any atom is 0.324 e. The Morgan fingerprint density at radius 1 is 1.33 bits per heavy atom. The van der Waals surface area contributed by atoms with E-state index in [0.717, 1.165) is 6.54 Å². The van der Waals surface area contributed by atoms with Gasteiger partial charge in [-0.05, 0) is 19.4 Å². The highest BCUT2D eigenvalue weighted by atomic mass is 16.5. The van der Waals surface area contributed by atoms with Gasteiger partial charge in [0.05, 0.1) is 6.61 Å². The third kappa shape index (κ3) is 3.18. The number of nitrogens with zero attached hydrogens (tertiary/aromatic N) is 1. The smallest absolute Gasteiger partial charge is 0.324 e. The van der Waals surface area contributed by atoms with Gasteiger partial charge >= 0.3 is 5.97 Å². The first kappa shape index (κ1) is 14.4. The lowest BCUT2D eigenvalue weighted by Gasteiger charge is -2.38. The summed E-state index contributed by atoms with van der Waals surface area (Å²) in [6, 6.07) is 0. The van der Waals surface area contributed by atoms with Crippen LogP contribution in [0.25, 0.3) is 0 Å². The molecule has 0 radical (unpaired) electrons. The Morgan fingerprint density at radius 3 is 2.13 bits per heavy atom. The SMILES string of the molecule is CCN(CCOC)C(CC)(CC)C(=O)O. The lowest BCUT2D eigenvalue weighted by Crippen LogP contribution is -2.54. The van der Waals surface area contributed by atoms with Gasteiger partial charge in [-0.2, -0.15) is 0 Å². The number of methoxy groups -OCH3 is 1. The van der Waals surface area contributed by atoms with E-state index >= 15 is 0 Å². The van der Waals surface area contributed by atoms with E-state index in [4.69, 9.17) is 4.74 Å². The molecule has 0 saturated carbocycles. The molecule has 0 aromatic heterocycles. The van der Waals surface area contributed by atoms with Crippen LogP contribution >= 0.6 is 0 Å². The van der Waals surface area contributed by atoms with Crippen LogP contribution in [0.5, 0.6) is 0 Å². The molecule has 0 heterocycles. The van der Waals surface area contributed by atoms with Gasteiger partial charge < -0.3 is 9.84 Å². The first-order chi connectivity index (χ1) is 7.08. The molecular formula is C11H23NO3. The van der Waals surface area contributed by atoms with Crippen LogP contribution in [-0.2, 0) is 9.53 Å². The summed E-state index contributed by atoms with van der Waals surface area (Å²) in [7, 11) is 1.63. The predicted octanol–water partition coefficient (Wildman–Crippen LogP) is 1.60. The molecule has 0 aliphatic heterocycles. The average Bonchev–Trinajstić information content (AvgIpc) is 2.24. The fourth-order valence-electron chi connectivity index (χ4n) is 2.01. The molecule has 4 nitrogen and oxygen atoms in total. The van der Waals surface area contributed by atoms with Crippen molar-refractivity contribution in [3.63, 3.8) is 0 Å². The molecule has 0 amide bonds. The molecule has 0 aliphatic rings. The minimum Gasteiger partial charge on any atom is -0.480 e. The van der Waals surface area contributed by atoms with Crippen LogP contribution in [-0.4, -0.2) is 48.3 Å². The Morgan fingerprint density at radius 2 is 1.87 bits per heavy atom. The van der Waals surface area contributed by atoms with Crippen LogP contribution in [0.3, 0.4) is 0 Å². The van der Waals surface area contributed by atoms with Crippen molar-refractivity contribution in [2.75, 3.05) is 26.8 Å². The second kappa shape index (κ2) is 6.80. The number of ether oxygens (including phenoxy) is 1. The maximum atomic E-state index is 11.4. The number of carboxylic acid groups (broad SMARTS) is 1. The molecule has 0 saturated heterocycles. The molecule has 0 aromatic rings. The van der Waals surface area contributed by atoms with Crippen molar-refractivity contribution in [2.24, 2.45) is 0 Å². The number of rotatable bonds is 8. The molecule has 0 bridgehead atoms. The largest absolute Gasteiger partial charge is 0.480 e. The standard InChI is InChI=1S/C11H23NO3/c1-5-11(6-2,10(13)14)12(7-3)8-9-15-4/h5-9H2,1-4H3,(H,13,14). The molecule has 0 atom stereocenters. The van der Waals surface area contributed by atoms with Crippen molar-refractivity contribution in [2.45, 2.75) is 39.2 Å². The van der Waals surface area contributed by atoms with Crippen LogP contribution in [0.1, 0.15) is 33.6 Å². The molecule has 0 fully saturated rings. The molecule has 90 valence electrons. The van der Waals surface area contributed by atoms with E-state index in [1.165, 1.54) is 0 Å². The first-order valence-electron chi connectivity index (χ1n) is 5.56. The molecular weight excluding hydrogens is 194 g/mol. The fraction of sp³-hybridized carbons (Fsp3) is 0.909. The summed E-state index contributed by atoms with van der Waals surface area (Å²) in [5.41, 5.74) is -0.729. The summed E-state index contributed by atoms with van der Waals surface area (Å²) in [6.07, 6.45) is 1.24. The predicted molar refractivity (Wildman–Crippen MR) is 60.1 cm³/mol. The monoisotopic (exact) mass is 217 g/mol. The van der Waals surface area contributed by atoms with Gasteiger partial charge in [0.1, 0.15) is 5.54 Å². The number of carboxylic acids is 1. The van der Waals surface area contributed by atoms with Crippen molar-refractivity contribution in [3.8, 4) is 0 Å². The summed E-state index contributed by atoms with van der Waals surface area (Å²) < 4.78 is 5.00. The van der Waals surface area contributed by atoms with Crippen LogP contribution in [0, 0.1) is 0 Å². The highest BCUT2D eigenvalue weighted by Crippen LogP contribution is 2.24. The average molecular weight is 217 g/mol. The van der Waals surface area contributed by atoms with E-state index in [1.807, 2.05) is 25.7 Å². The van der Waals surface area contributed by atoms with E-state index in [0.29, 0.717) is 26.0 Å². The van der Waals surface area contributed by atoms with Crippen molar-refractivity contribution >= 4 is 5.97 Å². The molecule has 0 aromatic carbocycles. The zero-order chi connectivity index (χ0) is 11.9. The Balaban J connectivity index is 4.75. The first-order valence-corrected chi connectivity index (χ1v) is 5.56. The normalized spacial score (nSPS) is 12.1. The molecule has 1 N–H and O–H groups in total. The Kier molecular flexibility index (Phi) is 6.52. The lowest BCUT2D eigenvalue weighted by atomic mass is 9.90. The summed E-state index contributed by atoms with van der Waals surface area (Å²) in [5, 5.41) is 9.34. The summed E-state index contributed by atoms with van der Waals surface area (Å²) >= 11 is 0. The molecule has 0 rings (SSSR count). The van der Waals surface area contributed by atoms with E-state index in [9.17, 15) is 9.90 Å². The van der Waals surface area contributed by atoms with Gasteiger partial charge in [0.2, 0.25) is 0 Å². The lowest BCUT2D eigenvalue weighted by molar-refractivity contribution is -0.152. The Labute approximate surface area is 92.2 Å². The summed E-state index contributed by atoms with van der Waals surface area (Å²) in [4.78, 5) is 13.3. The number of hydrogen-bond acceptors (Lipinski definition) is 3. The molecule has 0 aliphatic carbocycles. The van der Waals surface area contributed by atoms with Crippen LogP contribution < -0.4 is 0 Å². The third-order valence-electron chi connectivity index (χ3n) is 3.12. The van der Waals surface area contributed by atoms with Gasteiger partial charge in [0.25, 0.3) is 0 Å². The van der Waals surface area contributed by atoms with Gasteiger partial charge in [-0.3, -0.25) is 9.69 Å². The number of aliphatic carboxylic acids is 1. The highest BCUT2D eigenvalue weighted by Gasteiger charge is 2.39. The van der Waals surface area contributed by atoms with Crippen LogP contribution in [0.15, 0.2) is 0 Å². The zero-order valence-corrected chi connectivity index (χ0v) is 10.2. The Hall–Kier alpha value is -0.610. The molecule has 0 spiro atoms. The minimum atomic E-state index is -0.731.